The van der Waals surface area contributed by atoms with Crippen molar-refractivity contribution in [2.45, 2.75) is 25.2 Å². The Morgan fingerprint density at radius 3 is 1.52 bits per heavy atom. The standard InChI is InChI=1S/C38H33ClO7/c1-42-31-18-13-26(14-19-31)24-44-33-22-17-30(23-34(33)45-25-27-15-20-32(43-2)21-16-27)35(37(39)40)38(41)46-36(28-9-5-3-6-10-28)29-11-7-4-8-12-29/h3-23,35-36H,24-25H2,1-2H3. The number of halogens is 1. The normalized spacial score (nSPS) is 11.4. The van der Waals surface area contributed by atoms with Gasteiger partial charge in [0.2, 0.25) is 5.24 Å². The summed E-state index contributed by atoms with van der Waals surface area (Å²) in [6.45, 7) is 0.443. The number of methoxy groups -OCH3 is 2. The third kappa shape index (κ3) is 8.25. The molecule has 5 rings (SSSR count). The van der Waals surface area contributed by atoms with E-state index in [1.54, 1.807) is 32.4 Å². The van der Waals surface area contributed by atoms with E-state index in [1.807, 2.05) is 109 Å². The average Bonchev–Trinajstić information content (AvgIpc) is 3.10. The first-order valence-corrected chi connectivity index (χ1v) is 15.0. The summed E-state index contributed by atoms with van der Waals surface area (Å²) >= 11 is 6.07. The molecule has 5 aromatic carbocycles. The lowest BCUT2D eigenvalue weighted by atomic mass is 9.98. The van der Waals surface area contributed by atoms with E-state index >= 15 is 0 Å². The number of esters is 1. The van der Waals surface area contributed by atoms with Crippen LogP contribution in [0.15, 0.2) is 127 Å². The van der Waals surface area contributed by atoms with Crippen LogP contribution in [0.25, 0.3) is 0 Å². The van der Waals surface area contributed by atoms with Gasteiger partial charge in [0.25, 0.3) is 0 Å². The van der Waals surface area contributed by atoms with E-state index in [2.05, 4.69) is 0 Å². The maximum atomic E-state index is 13.7. The van der Waals surface area contributed by atoms with Gasteiger partial charge in [0, 0.05) is 0 Å². The molecule has 0 fully saturated rings. The van der Waals surface area contributed by atoms with Gasteiger partial charge in [-0.25, -0.2) is 0 Å². The molecule has 0 radical (unpaired) electrons. The third-order valence-corrected chi connectivity index (χ3v) is 7.53. The Labute approximate surface area is 273 Å². The predicted molar refractivity (Wildman–Crippen MR) is 176 cm³/mol. The number of hydrogen-bond donors (Lipinski definition) is 0. The Morgan fingerprint density at radius 1 is 0.587 bits per heavy atom. The number of carbonyl (C=O) groups is 2. The number of rotatable bonds is 14. The topological polar surface area (TPSA) is 80.3 Å². The molecular weight excluding hydrogens is 604 g/mol. The number of ether oxygens (including phenoxy) is 5. The van der Waals surface area contributed by atoms with Crippen molar-refractivity contribution in [2.24, 2.45) is 0 Å². The van der Waals surface area contributed by atoms with E-state index in [-0.39, 0.29) is 13.2 Å². The summed E-state index contributed by atoms with van der Waals surface area (Å²) in [6, 6.07) is 38.5. The minimum atomic E-state index is -1.41. The van der Waals surface area contributed by atoms with E-state index < -0.39 is 23.2 Å². The summed E-state index contributed by atoms with van der Waals surface area (Å²) in [5.74, 6) is 0.0257. The summed E-state index contributed by atoms with van der Waals surface area (Å²) < 4.78 is 28.8. The molecular formula is C38H33ClO7. The van der Waals surface area contributed by atoms with Gasteiger partial charge in [0.05, 0.1) is 14.2 Å². The second-order valence-electron chi connectivity index (χ2n) is 10.4. The molecule has 8 heteroatoms. The van der Waals surface area contributed by atoms with E-state index in [0.29, 0.717) is 17.1 Å². The maximum absolute atomic E-state index is 13.7. The second-order valence-corrected chi connectivity index (χ2v) is 10.7. The Hall–Kier alpha value is -5.27. The fourth-order valence-electron chi connectivity index (χ4n) is 4.83. The average molecular weight is 637 g/mol. The second kappa shape index (κ2) is 15.6. The van der Waals surface area contributed by atoms with E-state index in [4.69, 9.17) is 35.3 Å². The number of carbonyl (C=O) groups excluding carboxylic acids is 2. The first-order chi connectivity index (χ1) is 22.4. The summed E-state index contributed by atoms with van der Waals surface area (Å²) in [5.41, 5.74) is 3.62. The number of benzene rings is 5. The van der Waals surface area contributed by atoms with Gasteiger partial charge in [-0.1, -0.05) is 91.0 Å². The van der Waals surface area contributed by atoms with Crippen LogP contribution in [0.1, 0.15) is 39.8 Å². The Kier molecular flexibility index (Phi) is 10.9. The van der Waals surface area contributed by atoms with Crippen molar-refractivity contribution in [1.82, 2.24) is 0 Å². The van der Waals surface area contributed by atoms with Crippen LogP contribution in [0.2, 0.25) is 0 Å². The van der Waals surface area contributed by atoms with Crippen LogP contribution in [0, 0.1) is 0 Å². The lowest BCUT2D eigenvalue weighted by molar-refractivity contribution is -0.150. The van der Waals surface area contributed by atoms with E-state index in [1.165, 1.54) is 0 Å². The minimum Gasteiger partial charge on any atom is -0.497 e. The highest BCUT2D eigenvalue weighted by Crippen LogP contribution is 2.36. The Bertz CT molecular complexity index is 1680. The Balaban J connectivity index is 1.43. The zero-order valence-corrected chi connectivity index (χ0v) is 26.2. The highest BCUT2D eigenvalue weighted by atomic mass is 35.5. The molecule has 0 aliphatic carbocycles. The highest BCUT2D eigenvalue weighted by molar-refractivity contribution is 6.66. The molecule has 5 aromatic rings. The van der Waals surface area contributed by atoms with Gasteiger partial charge in [-0.3, -0.25) is 9.59 Å². The summed E-state index contributed by atoms with van der Waals surface area (Å²) in [6.07, 6.45) is -0.744. The van der Waals surface area contributed by atoms with Crippen molar-refractivity contribution in [1.29, 1.82) is 0 Å². The third-order valence-electron chi connectivity index (χ3n) is 7.31. The van der Waals surface area contributed by atoms with Gasteiger partial charge in [-0.2, -0.15) is 0 Å². The lowest BCUT2D eigenvalue weighted by Gasteiger charge is -2.22. The van der Waals surface area contributed by atoms with Gasteiger partial charge in [0.15, 0.2) is 23.5 Å². The molecule has 0 saturated carbocycles. The molecule has 234 valence electrons. The monoisotopic (exact) mass is 636 g/mol. The van der Waals surface area contributed by atoms with Crippen molar-refractivity contribution >= 4 is 22.8 Å². The lowest BCUT2D eigenvalue weighted by Crippen LogP contribution is -2.24. The van der Waals surface area contributed by atoms with Crippen molar-refractivity contribution in [3.05, 3.63) is 155 Å². The van der Waals surface area contributed by atoms with E-state index in [0.717, 1.165) is 33.8 Å². The van der Waals surface area contributed by atoms with Crippen LogP contribution >= 0.6 is 11.6 Å². The maximum Gasteiger partial charge on any atom is 0.323 e. The minimum absolute atomic E-state index is 0.195. The van der Waals surface area contributed by atoms with Crippen LogP contribution in [-0.4, -0.2) is 25.4 Å². The number of hydrogen-bond acceptors (Lipinski definition) is 7. The van der Waals surface area contributed by atoms with Crippen LogP contribution in [0.5, 0.6) is 23.0 Å². The molecule has 46 heavy (non-hydrogen) atoms. The van der Waals surface area contributed by atoms with Crippen molar-refractivity contribution < 1.29 is 33.3 Å². The largest absolute Gasteiger partial charge is 0.497 e. The molecule has 0 bridgehead atoms. The molecule has 0 aromatic heterocycles. The smallest absolute Gasteiger partial charge is 0.323 e. The zero-order valence-electron chi connectivity index (χ0n) is 25.4. The van der Waals surface area contributed by atoms with Crippen molar-refractivity contribution in [3.63, 3.8) is 0 Å². The summed E-state index contributed by atoms with van der Waals surface area (Å²) in [4.78, 5) is 26.5. The van der Waals surface area contributed by atoms with Gasteiger partial charge in [-0.15, -0.1) is 0 Å². The van der Waals surface area contributed by atoms with Crippen LogP contribution in [0.3, 0.4) is 0 Å². The van der Waals surface area contributed by atoms with Gasteiger partial charge >= 0.3 is 5.97 Å². The summed E-state index contributed by atoms with van der Waals surface area (Å²) in [5, 5.41) is -0.877. The summed E-state index contributed by atoms with van der Waals surface area (Å²) in [7, 11) is 3.21. The SMILES string of the molecule is COc1ccc(COc2ccc(C(C(=O)Cl)C(=O)OC(c3ccccc3)c3ccccc3)cc2OCc2ccc(OC)cc2)cc1. The first kappa shape index (κ1) is 32.1. The molecule has 1 unspecified atom stereocenters. The first-order valence-electron chi connectivity index (χ1n) is 14.6. The highest BCUT2D eigenvalue weighted by Gasteiger charge is 2.32. The molecule has 0 amide bonds. The molecule has 0 aliphatic rings. The van der Waals surface area contributed by atoms with E-state index in [9.17, 15) is 9.59 Å². The van der Waals surface area contributed by atoms with Crippen LogP contribution < -0.4 is 18.9 Å². The fourth-order valence-corrected chi connectivity index (χ4v) is 5.05. The molecule has 0 aliphatic heterocycles. The Morgan fingerprint density at radius 2 is 1.07 bits per heavy atom. The van der Waals surface area contributed by atoms with Crippen LogP contribution in [-0.2, 0) is 27.5 Å². The molecule has 0 N–H and O–H groups in total. The molecule has 1 atom stereocenters. The van der Waals surface area contributed by atoms with Gasteiger partial charge in [0.1, 0.15) is 24.7 Å². The molecule has 0 heterocycles. The zero-order chi connectivity index (χ0) is 32.3. The quantitative estimate of drug-likeness (QED) is 0.0693. The van der Waals surface area contributed by atoms with Crippen molar-refractivity contribution in [3.8, 4) is 23.0 Å². The molecule has 0 spiro atoms. The van der Waals surface area contributed by atoms with Gasteiger partial charge in [-0.05, 0) is 75.8 Å². The molecule has 0 saturated heterocycles. The van der Waals surface area contributed by atoms with Crippen LogP contribution in [0.4, 0.5) is 0 Å². The van der Waals surface area contributed by atoms with Gasteiger partial charge < -0.3 is 23.7 Å². The fraction of sp³-hybridized carbons (Fsp3) is 0.158. The van der Waals surface area contributed by atoms with Crippen molar-refractivity contribution in [2.75, 3.05) is 14.2 Å². The molecule has 7 nitrogen and oxygen atoms in total. The predicted octanol–water partition coefficient (Wildman–Crippen LogP) is 8.04.